The van der Waals surface area contributed by atoms with Crippen molar-refractivity contribution in [2.24, 2.45) is 11.8 Å². The van der Waals surface area contributed by atoms with E-state index in [2.05, 4.69) is 0 Å². The fraction of sp³-hybridized carbons (Fsp3) is 1.00. The van der Waals surface area contributed by atoms with E-state index >= 15 is 0 Å². The van der Waals surface area contributed by atoms with Gasteiger partial charge in [0.2, 0.25) is 0 Å². The molecule has 4 fully saturated rings. The zero-order chi connectivity index (χ0) is 33.9. The molecule has 0 radical (unpaired) electrons. The molecule has 0 bridgehead atoms. The summed E-state index contributed by atoms with van der Waals surface area (Å²) in [6.45, 7) is 0. The van der Waals surface area contributed by atoms with E-state index in [9.17, 15) is 0 Å². The zero-order valence-corrected chi connectivity index (χ0v) is 32.1. The third-order valence-corrected chi connectivity index (χ3v) is 12.9. The van der Waals surface area contributed by atoms with Gasteiger partial charge in [0.25, 0.3) is 0 Å². The molecule has 2 aliphatic carbocycles. The van der Waals surface area contributed by atoms with E-state index in [0.717, 1.165) is 37.5 Å². The normalized spacial score (nSPS) is 26.8. The Bertz CT molecular complexity index is 746. The van der Waals surface area contributed by atoms with Crippen molar-refractivity contribution in [1.29, 1.82) is 0 Å². The number of unbranched alkanes of at least 4 members (excludes halogenated alkanes) is 17. The van der Waals surface area contributed by atoms with Gasteiger partial charge in [0.1, 0.15) is 0 Å². The van der Waals surface area contributed by atoms with Crippen LogP contribution in [0.5, 0.6) is 0 Å². The second-order valence-corrected chi connectivity index (χ2v) is 16.4. The van der Waals surface area contributed by atoms with E-state index in [0.29, 0.717) is 24.4 Å². The van der Waals surface area contributed by atoms with Gasteiger partial charge < -0.3 is 28.4 Å². The standard InChI is InChI=1S/C42H78O6/c1-43-41(44-2,31-27-35-23-25-37-39(33-35)47-37)29-21-19-17-15-13-11-9-7-5-6-8-10-12-14-16-18-20-22-30-42(45-3,46-4)32-28-36-24-26-38-40(34-36)48-38/h35-40H,5-34H2,1-4H3. The van der Waals surface area contributed by atoms with E-state index in [4.69, 9.17) is 28.4 Å². The molecule has 6 heteroatoms. The summed E-state index contributed by atoms with van der Waals surface area (Å²) >= 11 is 0. The SMILES string of the molecule is COC(CCCCCCCCCCCCCCCCCCCCC(CCC1CCC2OC2C1)(OC)OC)(CCC1CCC2OC2C1)OC. The summed E-state index contributed by atoms with van der Waals surface area (Å²) in [5.41, 5.74) is 0. The number of hydrogen-bond acceptors (Lipinski definition) is 6. The van der Waals surface area contributed by atoms with Crippen molar-refractivity contribution in [3.05, 3.63) is 0 Å². The summed E-state index contributed by atoms with van der Waals surface area (Å²) in [5, 5.41) is 0. The maximum atomic E-state index is 5.93. The van der Waals surface area contributed by atoms with Gasteiger partial charge in [-0.05, 0) is 76.0 Å². The second kappa shape index (κ2) is 22.6. The van der Waals surface area contributed by atoms with Crippen LogP contribution in [0.1, 0.15) is 193 Å². The van der Waals surface area contributed by atoms with Crippen LogP contribution >= 0.6 is 0 Å². The minimum atomic E-state index is -0.380. The second-order valence-electron chi connectivity index (χ2n) is 16.4. The molecule has 6 unspecified atom stereocenters. The number of ether oxygens (including phenoxy) is 6. The molecule has 4 aliphatic rings. The van der Waals surface area contributed by atoms with Gasteiger partial charge in [0.05, 0.1) is 24.4 Å². The summed E-state index contributed by atoms with van der Waals surface area (Å²) in [5.74, 6) is 0.819. The molecule has 2 heterocycles. The summed E-state index contributed by atoms with van der Waals surface area (Å²) in [6, 6.07) is 0. The number of rotatable bonds is 31. The molecule has 48 heavy (non-hydrogen) atoms. The molecular formula is C42H78O6. The highest BCUT2D eigenvalue weighted by Gasteiger charge is 2.45. The first-order chi connectivity index (χ1) is 23.5. The first-order valence-corrected chi connectivity index (χ1v) is 21.1. The fourth-order valence-electron chi connectivity index (χ4n) is 9.20. The van der Waals surface area contributed by atoms with Gasteiger partial charge in [-0.25, -0.2) is 0 Å². The maximum Gasteiger partial charge on any atom is 0.167 e. The van der Waals surface area contributed by atoms with Crippen LogP contribution in [-0.4, -0.2) is 64.4 Å². The van der Waals surface area contributed by atoms with Crippen LogP contribution in [-0.2, 0) is 28.4 Å². The van der Waals surface area contributed by atoms with E-state index in [1.807, 2.05) is 28.4 Å². The molecule has 0 aromatic heterocycles. The third-order valence-electron chi connectivity index (χ3n) is 12.9. The Morgan fingerprint density at radius 2 is 0.667 bits per heavy atom. The van der Waals surface area contributed by atoms with Crippen molar-refractivity contribution in [3.63, 3.8) is 0 Å². The van der Waals surface area contributed by atoms with Crippen molar-refractivity contribution in [2.75, 3.05) is 28.4 Å². The molecule has 2 saturated carbocycles. The predicted octanol–water partition coefficient (Wildman–Crippen LogP) is 11.5. The van der Waals surface area contributed by atoms with E-state index in [-0.39, 0.29) is 11.6 Å². The van der Waals surface area contributed by atoms with Crippen LogP contribution in [0.25, 0.3) is 0 Å². The lowest BCUT2D eigenvalue weighted by molar-refractivity contribution is -0.217. The summed E-state index contributed by atoms with van der Waals surface area (Å²) in [6.07, 6.45) is 41.2. The Balaban J connectivity index is 0.860. The monoisotopic (exact) mass is 679 g/mol. The molecule has 4 rings (SSSR count). The van der Waals surface area contributed by atoms with Crippen molar-refractivity contribution >= 4 is 0 Å². The average molecular weight is 679 g/mol. The molecule has 0 aromatic carbocycles. The van der Waals surface area contributed by atoms with Gasteiger partial charge in [-0.2, -0.15) is 0 Å². The van der Waals surface area contributed by atoms with E-state index in [1.54, 1.807) is 0 Å². The largest absolute Gasteiger partial charge is 0.370 e. The van der Waals surface area contributed by atoms with Crippen molar-refractivity contribution in [2.45, 2.75) is 229 Å². The Kier molecular flexibility index (Phi) is 19.1. The van der Waals surface area contributed by atoms with Crippen LogP contribution in [0, 0.1) is 11.8 Å². The number of hydrogen-bond donors (Lipinski definition) is 0. The highest BCUT2D eigenvalue weighted by molar-refractivity contribution is 4.93. The highest BCUT2D eigenvalue weighted by Crippen LogP contribution is 2.43. The lowest BCUT2D eigenvalue weighted by atomic mass is 9.84. The average Bonchev–Trinajstić information content (AvgIpc) is 4.05. The quantitative estimate of drug-likeness (QED) is 0.0413. The van der Waals surface area contributed by atoms with Crippen molar-refractivity contribution < 1.29 is 28.4 Å². The Morgan fingerprint density at radius 1 is 0.375 bits per heavy atom. The molecule has 282 valence electrons. The maximum absolute atomic E-state index is 5.93. The fourth-order valence-corrected chi connectivity index (χ4v) is 9.20. The van der Waals surface area contributed by atoms with Crippen LogP contribution in [0.15, 0.2) is 0 Å². The van der Waals surface area contributed by atoms with Crippen LogP contribution in [0.3, 0.4) is 0 Å². The van der Waals surface area contributed by atoms with Gasteiger partial charge >= 0.3 is 0 Å². The lowest BCUT2D eigenvalue weighted by Crippen LogP contribution is -2.34. The minimum absolute atomic E-state index is 0.380. The summed E-state index contributed by atoms with van der Waals surface area (Å²) in [4.78, 5) is 0. The first kappa shape index (κ1) is 40.5. The van der Waals surface area contributed by atoms with Crippen LogP contribution < -0.4 is 0 Å². The van der Waals surface area contributed by atoms with Crippen LogP contribution in [0.2, 0.25) is 0 Å². The molecule has 6 atom stereocenters. The molecule has 2 aliphatic heterocycles. The number of epoxide rings is 2. The Labute approximate surface area is 296 Å². The third kappa shape index (κ3) is 14.8. The smallest absolute Gasteiger partial charge is 0.167 e. The Hall–Kier alpha value is -0.240. The highest BCUT2D eigenvalue weighted by atomic mass is 16.7. The molecule has 0 amide bonds. The topological polar surface area (TPSA) is 62.0 Å². The number of methoxy groups -OCH3 is 4. The number of fused-ring (bicyclic) bond motifs is 2. The van der Waals surface area contributed by atoms with Gasteiger partial charge in [-0.15, -0.1) is 0 Å². The molecule has 0 spiro atoms. The van der Waals surface area contributed by atoms with Crippen LogP contribution in [0.4, 0.5) is 0 Å². The predicted molar refractivity (Wildman–Crippen MR) is 196 cm³/mol. The first-order valence-electron chi connectivity index (χ1n) is 21.1. The van der Waals surface area contributed by atoms with E-state index in [1.165, 1.54) is 167 Å². The zero-order valence-electron chi connectivity index (χ0n) is 32.1. The molecular weight excluding hydrogens is 600 g/mol. The van der Waals surface area contributed by atoms with Crippen molar-refractivity contribution in [1.82, 2.24) is 0 Å². The van der Waals surface area contributed by atoms with E-state index < -0.39 is 0 Å². The molecule has 6 nitrogen and oxygen atoms in total. The molecule has 0 N–H and O–H groups in total. The Morgan fingerprint density at radius 3 is 0.938 bits per heavy atom. The summed E-state index contributed by atoms with van der Waals surface area (Å²) in [7, 11) is 7.34. The lowest BCUT2D eigenvalue weighted by Gasteiger charge is -2.33. The molecule has 2 saturated heterocycles. The van der Waals surface area contributed by atoms with Gasteiger partial charge in [0.15, 0.2) is 11.6 Å². The van der Waals surface area contributed by atoms with Gasteiger partial charge in [-0.3, -0.25) is 0 Å². The summed E-state index contributed by atoms with van der Waals surface area (Å²) < 4.78 is 35.2. The van der Waals surface area contributed by atoms with Crippen molar-refractivity contribution in [3.8, 4) is 0 Å². The molecule has 0 aromatic rings. The van der Waals surface area contributed by atoms with Gasteiger partial charge in [-0.1, -0.05) is 103 Å². The van der Waals surface area contributed by atoms with Gasteiger partial charge in [0, 0.05) is 54.1 Å². The minimum Gasteiger partial charge on any atom is -0.370 e.